The summed E-state index contributed by atoms with van der Waals surface area (Å²) in [4.78, 5) is 22.3. The van der Waals surface area contributed by atoms with Crippen LogP contribution in [-0.2, 0) is 11.2 Å². The molecule has 0 aliphatic rings. The van der Waals surface area contributed by atoms with Crippen molar-refractivity contribution in [2.75, 3.05) is 18.1 Å². The van der Waals surface area contributed by atoms with Gasteiger partial charge in [-0.3, -0.25) is 9.59 Å². The number of carboxylic acids is 1. The third-order valence-corrected chi connectivity index (χ3v) is 3.24. The summed E-state index contributed by atoms with van der Waals surface area (Å²) in [5.74, 6) is 0.977. The lowest BCUT2D eigenvalue weighted by Gasteiger charge is -2.04. The third-order valence-electron chi connectivity index (χ3n) is 2.26. The Morgan fingerprint density at radius 1 is 1.50 bits per heavy atom. The molecule has 100 valence electrons. The molecule has 0 unspecified atom stereocenters. The first-order chi connectivity index (χ1) is 8.65. The largest absolute Gasteiger partial charge is 0.481 e. The van der Waals surface area contributed by atoms with E-state index in [-0.39, 0.29) is 18.1 Å². The van der Waals surface area contributed by atoms with E-state index in [2.05, 4.69) is 12.2 Å². The molecule has 1 amide bonds. The van der Waals surface area contributed by atoms with Crippen molar-refractivity contribution >= 4 is 23.6 Å². The molecule has 1 heterocycles. The molecule has 0 saturated heterocycles. The van der Waals surface area contributed by atoms with Crippen LogP contribution < -0.4 is 5.32 Å². The summed E-state index contributed by atoms with van der Waals surface area (Å²) in [6.07, 6.45) is 1.96. The molecule has 2 N–H and O–H groups in total. The van der Waals surface area contributed by atoms with Crippen molar-refractivity contribution in [3.05, 3.63) is 23.7 Å². The van der Waals surface area contributed by atoms with Crippen LogP contribution in [-0.4, -0.2) is 35.0 Å². The molecule has 0 radical (unpaired) electrons. The quantitative estimate of drug-likeness (QED) is 0.704. The number of amides is 1. The molecule has 0 atom stereocenters. The van der Waals surface area contributed by atoms with Crippen molar-refractivity contribution in [2.45, 2.75) is 19.8 Å². The highest BCUT2D eigenvalue weighted by atomic mass is 32.2. The van der Waals surface area contributed by atoms with Gasteiger partial charge in [-0.1, -0.05) is 6.92 Å². The Morgan fingerprint density at radius 3 is 2.94 bits per heavy atom. The summed E-state index contributed by atoms with van der Waals surface area (Å²) >= 11 is 1.82. The van der Waals surface area contributed by atoms with Gasteiger partial charge >= 0.3 is 5.97 Å². The average Bonchev–Trinajstić information content (AvgIpc) is 2.76. The molecule has 0 bridgehead atoms. The second-order valence-electron chi connectivity index (χ2n) is 3.63. The SMILES string of the molecule is CCSCCCNC(=O)c1ccoc1CC(=O)O. The van der Waals surface area contributed by atoms with Gasteiger partial charge in [-0.2, -0.15) is 11.8 Å². The number of nitrogens with one attached hydrogen (secondary N) is 1. The Morgan fingerprint density at radius 2 is 2.28 bits per heavy atom. The second-order valence-corrected chi connectivity index (χ2v) is 5.03. The fraction of sp³-hybridized carbons (Fsp3) is 0.500. The first-order valence-electron chi connectivity index (χ1n) is 5.79. The van der Waals surface area contributed by atoms with Gasteiger partial charge in [0.1, 0.15) is 12.2 Å². The van der Waals surface area contributed by atoms with E-state index < -0.39 is 5.97 Å². The summed E-state index contributed by atoms with van der Waals surface area (Å²) in [6.45, 7) is 2.68. The van der Waals surface area contributed by atoms with Crippen LogP contribution in [0.5, 0.6) is 0 Å². The van der Waals surface area contributed by atoms with Crippen LogP contribution in [0.1, 0.15) is 29.5 Å². The van der Waals surface area contributed by atoms with Gasteiger partial charge in [-0.15, -0.1) is 0 Å². The normalized spacial score (nSPS) is 10.3. The molecule has 0 spiro atoms. The van der Waals surface area contributed by atoms with Crippen molar-refractivity contribution in [1.29, 1.82) is 0 Å². The van der Waals surface area contributed by atoms with Gasteiger partial charge in [0.25, 0.3) is 5.91 Å². The molecule has 1 rings (SSSR count). The van der Waals surface area contributed by atoms with Crippen LogP contribution in [0, 0.1) is 0 Å². The summed E-state index contributed by atoms with van der Waals surface area (Å²) in [5, 5.41) is 11.4. The second kappa shape index (κ2) is 7.81. The van der Waals surface area contributed by atoms with Gasteiger partial charge in [0.2, 0.25) is 0 Å². The van der Waals surface area contributed by atoms with Crippen LogP contribution in [0.3, 0.4) is 0 Å². The predicted octanol–water partition coefficient (Wildman–Crippen LogP) is 1.78. The number of hydrogen-bond donors (Lipinski definition) is 2. The Labute approximate surface area is 110 Å². The van der Waals surface area contributed by atoms with Gasteiger partial charge in [0.15, 0.2) is 0 Å². The lowest BCUT2D eigenvalue weighted by Crippen LogP contribution is -2.25. The van der Waals surface area contributed by atoms with Crippen molar-refractivity contribution < 1.29 is 19.1 Å². The highest BCUT2D eigenvalue weighted by molar-refractivity contribution is 7.99. The van der Waals surface area contributed by atoms with Gasteiger partial charge in [0, 0.05) is 6.54 Å². The number of thioether (sulfide) groups is 1. The minimum absolute atomic E-state index is 0.197. The first kappa shape index (κ1) is 14.6. The zero-order valence-electron chi connectivity index (χ0n) is 10.3. The van der Waals surface area contributed by atoms with E-state index in [1.54, 1.807) is 0 Å². The number of carbonyl (C=O) groups excluding carboxylic acids is 1. The molecule has 6 heteroatoms. The van der Waals surface area contributed by atoms with Gasteiger partial charge in [0.05, 0.1) is 11.8 Å². The van der Waals surface area contributed by atoms with Gasteiger partial charge in [-0.05, 0) is 24.0 Å². The summed E-state index contributed by atoms with van der Waals surface area (Å²) in [7, 11) is 0. The molecule has 0 aromatic carbocycles. The topological polar surface area (TPSA) is 79.5 Å². The van der Waals surface area contributed by atoms with Crippen molar-refractivity contribution in [2.24, 2.45) is 0 Å². The molecule has 18 heavy (non-hydrogen) atoms. The fourth-order valence-electron chi connectivity index (χ4n) is 1.43. The minimum Gasteiger partial charge on any atom is -0.481 e. The van der Waals surface area contributed by atoms with E-state index in [9.17, 15) is 9.59 Å². The zero-order chi connectivity index (χ0) is 13.4. The maximum absolute atomic E-state index is 11.8. The number of hydrogen-bond acceptors (Lipinski definition) is 4. The molecule has 0 saturated carbocycles. The molecule has 0 aliphatic carbocycles. The standard InChI is InChI=1S/C12H17NO4S/c1-2-18-7-3-5-13-12(16)9-4-6-17-10(9)8-11(14)15/h4,6H,2-3,5,7-8H2,1H3,(H,13,16)(H,14,15). The Kier molecular flexibility index (Phi) is 6.35. The molecular formula is C12H17NO4S. The van der Waals surface area contributed by atoms with Crippen molar-refractivity contribution in [3.8, 4) is 0 Å². The first-order valence-corrected chi connectivity index (χ1v) is 6.94. The Bertz CT molecular complexity index is 403. The predicted molar refractivity (Wildman–Crippen MR) is 70.0 cm³/mol. The maximum Gasteiger partial charge on any atom is 0.311 e. The van der Waals surface area contributed by atoms with Crippen LogP contribution in [0.25, 0.3) is 0 Å². The number of aliphatic carboxylic acids is 1. The number of carboxylic acid groups (broad SMARTS) is 1. The van der Waals surface area contributed by atoms with Crippen LogP contribution in [0.2, 0.25) is 0 Å². The lowest BCUT2D eigenvalue weighted by molar-refractivity contribution is -0.136. The molecule has 0 aliphatic heterocycles. The van der Waals surface area contributed by atoms with Crippen LogP contribution >= 0.6 is 11.8 Å². The number of rotatable bonds is 8. The fourth-order valence-corrected chi connectivity index (χ4v) is 2.07. The van der Waals surface area contributed by atoms with Crippen LogP contribution in [0.15, 0.2) is 16.7 Å². The maximum atomic E-state index is 11.8. The van der Waals surface area contributed by atoms with E-state index in [1.807, 2.05) is 11.8 Å². The van der Waals surface area contributed by atoms with E-state index in [4.69, 9.17) is 9.52 Å². The zero-order valence-corrected chi connectivity index (χ0v) is 11.1. The van der Waals surface area contributed by atoms with E-state index >= 15 is 0 Å². The highest BCUT2D eigenvalue weighted by Gasteiger charge is 2.16. The molecule has 1 aromatic heterocycles. The average molecular weight is 271 g/mol. The van der Waals surface area contributed by atoms with Crippen molar-refractivity contribution in [1.82, 2.24) is 5.32 Å². The monoisotopic (exact) mass is 271 g/mol. The van der Waals surface area contributed by atoms with Gasteiger partial charge in [-0.25, -0.2) is 0 Å². The third kappa shape index (κ3) is 4.83. The molecule has 1 aromatic rings. The Hall–Kier alpha value is -1.43. The smallest absolute Gasteiger partial charge is 0.311 e. The number of furan rings is 1. The summed E-state index contributed by atoms with van der Waals surface area (Å²) in [6, 6.07) is 1.49. The van der Waals surface area contributed by atoms with Gasteiger partial charge < -0.3 is 14.8 Å². The highest BCUT2D eigenvalue weighted by Crippen LogP contribution is 2.11. The summed E-state index contributed by atoms with van der Waals surface area (Å²) in [5.41, 5.74) is 0.306. The molecular weight excluding hydrogens is 254 g/mol. The van der Waals surface area contributed by atoms with Crippen molar-refractivity contribution in [3.63, 3.8) is 0 Å². The van der Waals surface area contributed by atoms with E-state index in [0.717, 1.165) is 17.9 Å². The Balaban J connectivity index is 2.41. The number of carbonyl (C=O) groups is 2. The van der Waals surface area contributed by atoms with Crippen LogP contribution in [0.4, 0.5) is 0 Å². The molecule has 0 fully saturated rings. The summed E-state index contributed by atoms with van der Waals surface area (Å²) < 4.78 is 5.00. The lowest BCUT2D eigenvalue weighted by atomic mass is 10.2. The van der Waals surface area contributed by atoms with E-state index in [1.165, 1.54) is 12.3 Å². The minimum atomic E-state index is -1.02. The molecule has 5 nitrogen and oxygen atoms in total. The van der Waals surface area contributed by atoms with E-state index in [0.29, 0.717) is 12.1 Å².